The minimum absolute atomic E-state index is 0.0379. The van der Waals surface area contributed by atoms with Crippen molar-refractivity contribution in [1.82, 2.24) is 21.3 Å². The standard InChI is InChI=1S/C67H80N4O6/c1-4-41(28-42-10-6-5-7-11-42)33-58-67-25-20-53-54-18-19-55-57(76-64(74)61(55)62(54)67)21-24-66(50-23-27-71-59(34-50)69-3)36-48(49(37-66)32-46(40-72)38-68-2)30-44-13-8-12-43(29-44)22-26-70-39-45-14-9-15-47(31-45)52-17-16-51(73)35-56(52)60(53)63(67)65(75)77-58/h5-17,21,29,31,33,35,41,46,48-50,53-54,59,62,68-73H,4,18-20,22-28,30,32,34,36-40H2,1-3H3/b57-21?,58-33-/t41-,46-,48+,49+,50+,53+,54-,59-,62+,66+,67+/m0/s1. The van der Waals surface area contributed by atoms with Crippen molar-refractivity contribution < 1.29 is 29.3 Å². The van der Waals surface area contributed by atoms with Crippen LogP contribution >= 0.6 is 0 Å². The van der Waals surface area contributed by atoms with Crippen LogP contribution in [0.1, 0.15) is 105 Å². The molecule has 77 heavy (non-hydrogen) atoms. The number of allylic oxidation sites excluding steroid dienone is 5. The van der Waals surface area contributed by atoms with Gasteiger partial charge in [0, 0.05) is 30.2 Å². The van der Waals surface area contributed by atoms with E-state index in [-0.39, 0.29) is 65.5 Å². The molecule has 0 amide bonds. The van der Waals surface area contributed by atoms with Gasteiger partial charge in [-0.05, 0) is 245 Å². The van der Waals surface area contributed by atoms with Crippen molar-refractivity contribution in [3.63, 3.8) is 0 Å². The predicted octanol–water partition coefficient (Wildman–Crippen LogP) is 10.8. The van der Waals surface area contributed by atoms with Crippen LogP contribution in [0.2, 0.25) is 0 Å². The van der Waals surface area contributed by atoms with Crippen LogP contribution in [0.3, 0.4) is 0 Å². The molecule has 4 fully saturated rings. The molecule has 0 radical (unpaired) electrons. The second-order valence-corrected chi connectivity index (χ2v) is 24.4. The maximum atomic E-state index is 15.3. The van der Waals surface area contributed by atoms with Gasteiger partial charge in [-0.1, -0.05) is 85.8 Å². The number of benzene rings is 4. The highest BCUT2D eigenvalue weighted by molar-refractivity contribution is 6.07. The summed E-state index contributed by atoms with van der Waals surface area (Å²) in [6.07, 6.45) is 17.5. The molecule has 404 valence electrons. The van der Waals surface area contributed by atoms with Crippen molar-refractivity contribution in [1.29, 1.82) is 0 Å². The molecule has 0 aromatic heterocycles. The fraction of sp³-hybridized carbons (Fsp3) is 0.493. The Morgan fingerprint density at radius 2 is 1.69 bits per heavy atom. The number of hydrogen-bond donors (Lipinski definition) is 6. The number of aromatic hydroxyl groups is 1. The number of nitrogens with one attached hydrogen (secondary N) is 4. The second-order valence-electron chi connectivity index (χ2n) is 24.4. The third-order valence-corrected chi connectivity index (χ3v) is 20.2. The van der Waals surface area contributed by atoms with Gasteiger partial charge in [0.1, 0.15) is 17.3 Å². The van der Waals surface area contributed by atoms with E-state index in [1.165, 1.54) is 16.7 Å². The maximum Gasteiger partial charge on any atom is 0.340 e. The van der Waals surface area contributed by atoms with E-state index in [1.807, 2.05) is 25.2 Å². The third kappa shape index (κ3) is 9.68. The lowest BCUT2D eigenvalue weighted by Gasteiger charge is -2.56. The number of phenols is 1. The van der Waals surface area contributed by atoms with Crippen molar-refractivity contribution in [2.75, 3.05) is 40.3 Å². The highest BCUT2D eigenvalue weighted by Crippen LogP contribution is 2.72. The first kappa shape index (κ1) is 52.1. The summed E-state index contributed by atoms with van der Waals surface area (Å²) in [5.41, 5.74) is 10.5. The Hall–Kier alpha value is -5.62. The third-order valence-electron chi connectivity index (χ3n) is 20.2. The minimum Gasteiger partial charge on any atom is -0.508 e. The lowest BCUT2D eigenvalue weighted by molar-refractivity contribution is -0.135. The number of phenolic OH excluding ortho intramolecular Hbond substituents is 1. The fourth-order valence-corrected chi connectivity index (χ4v) is 16.8. The Bertz CT molecular complexity index is 3010. The Labute approximate surface area is 456 Å². The number of hydrogen-bond acceptors (Lipinski definition) is 10. The number of carbonyl (C=O) groups excluding carboxylic acids is 2. The van der Waals surface area contributed by atoms with Crippen molar-refractivity contribution in [3.05, 3.63) is 165 Å². The molecule has 14 rings (SSSR count). The summed E-state index contributed by atoms with van der Waals surface area (Å²) in [6.45, 7) is 5.63. The summed E-state index contributed by atoms with van der Waals surface area (Å²) in [5.74, 6) is 2.23. The van der Waals surface area contributed by atoms with Gasteiger partial charge in [-0.25, -0.2) is 9.59 Å². The van der Waals surface area contributed by atoms with Gasteiger partial charge in [-0.15, -0.1) is 0 Å². The molecule has 1 spiro atoms. The van der Waals surface area contributed by atoms with E-state index >= 15 is 9.59 Å². The minimum atomic E-state index is -0.885. The van der Waals surface area contributed by atoms with E-state index in [9.17, 15) is 10.2 Å². The summed E-state index contributed by atoms with van der Waals surface area (Å²) in [6, 6.07) is 34.2. The first-order chi connectivity index (χ1) is 37.6. The summed E-state index contributed by atoms with van der Waals surface area (Å²) in [4.78, 5) is 30.5. The molecule has 6 N–H and O–H groups in total. The van der Waals surface area contributed by atoms with Crippen molar-refractivity contribution >= 4 is 17.5 Å². The predicted molar refractivity (Wildman–Crippen MR) is 303 cm³/mol. The molecule has 0 unspecified atom stereocenters. The van der Waals surface area contributed by atoms with Crippen LogP contribution in [0.5, 0.6) is 5.75 Å². The van der Waals surface area contributed by atoms with Gasteiger partial charge in [0.15, 0.2) is 0 Å². The smallest absolute Gasteiger partial charge is 0.340 e. The SMILES string of the molecule is CC[C@H](/C=C1\OC(=O)C2=C3c4cc(O)ccc4-c4cccc(c4)CNCCc4cccc(c4)C[C@@H]4C[C@]([C@@H]5CCN[C@H](NC)C5)(CC=C5OC(=O)C6=C5CC[C@H]5[C@H]3CC[C@@]21[C@@H]65)C[C@H]4C[C@H](CO)CNC)Cc1ccccc1. The van der Waals surface area contributed by atoms with Crippen molar-refractivity contribution in [2.24, 2.45) is 58.2 Å². The van der Waals surface area contributed by atoms with Gasteiger partial charge < -0.3 is 41.0 Å². The van der Waals surface area contributed by atoms with Gasteiger partial charge >= 0.3 is 11.9 Å². The van der Waals surface area contributed by atoms with Crippen LogP contribution < -0.4 is 21.3 Å². The van der Waals surface area contributed by atoms with Crippen LogP contribution in [0.4, 0.5) is 0 Å². The van der Waals surface area contributed by atoms with Gasteiger partial charge in [0.25, 0.3) is 0 Å². The zero-order valence-electron chi connectivity index (χ0n) is 45.6. The van der Waals surface area contributed by atoms with Crippen LogP contribution in [0, 0.1) is 58.2 Å². The zero-order chi connectivity index (χ0) is 52.8. The van der Waals surface area contributed by atoms with Crippen molar-refractivity contribution in [3.8, 4) is 16.9 Å². The highest BCUT2D eigenvalue weighted by Gasteiger charge is 2.68. The first-order valence-electron chi connectivity index (χ1n) is 29.4. The molecule has 4 aromatic carbocycles. The number of ether oxygens (including phenoxy) is 2. The summed E-state index contributed by atoms with van der Waals surface area (Å²) >= 11 is 0. The first-order valence-corrected chi connectivity index (χ1v) is 29.4. The number of aliphatic hydroxyl groups is 1. The van der Waals surface area contributed by atoms with E-state index in [1.54, 1.807) is 6.07 Å². The molecule has 2 saturated heterocycles. The van der Waals surface area contributed by atoms with E-state index < -0.39 is 5.41 Å². The molecule has 2 saturated carbocycles. The summed E-state index contributed by atoms with van der Waals surface area (Å²) in [7, 11) is 4.05. The van der Waals surface area contributed by atoms with Gasteiger partial charge in [0.2, 0.25) is 0 Å². The molecule has 4 aromatic rings. The molecule has 5 heterocycles. The van der Waals surface area contributed by atoms with Crippen LogP contribution in [-0.2, 0) is 44.9 Å². The van der Waals surface area contributed by atoms with Crippen LogP contribution in [0.15, 0.2) is 137 Å². The van der Waals surface area contributed by atoms with Gasteiger partial charge in [-0.2, -0.15) is 0 Å². The van der Waals surface area contributed by atoms with Crippen LogP contribution in [-0.4, -0.2) is 68.7 Å². The molecule has 14 bridgehead atoms. The number of fused-ring (bicyclic) bond motifs is 5. The van der Waals surface area contributed by atoms with Gasteiger partial charge in [0.05, 0.1) is 17.2 Å². The molecule has 10 nitrogen and oxygen atoms in total. The van der Waals surface area contributed by atoms with Crippen molar-refractivity contribution in [2.45, 2.75) is 110 Å². The Morgan fingerprint density at radius 1 is 0.844 bits per heavy atom. The Kier molecular flexibility index (Phi) is 14.8. The maximum absolute atomic E-state index is 15.3. The monoisotopic (exact) mass is 1040 g/mol. The Balaban J connectivity index is 1.03. The highest BCUT2D eigenvalue weighted by atomic mass is 16.6. The number of esters is 2. The number of piperidine rings is 1. The van der Waals surface area contributed by atoms with E-state index in [2.05, 4.69) is 120 Å². The van der Waals surface area contributed by atoms with E-state index in [0.717, 1.165) is 148 Å². The molecular weight excluding hydrogens is 957 g/mol. The summed E-state index contributed by atoms with van der Waals surface area (Å²) < 4.78 is 13.4. The fourth-order valence-electron chi connectivity index (χ4n) is 16.8. The Morgan fingerprint density at radius 3 is 2.52 bits per heavy atom. The van der Waals surface area contributed by atoms with Crippen LogP contribution in [0.25, 0.3) is 16.7 Å². The largest absolute Gasteiger partial charge is 0.508 e. The topological polar surface area (TPSA) is 141 Å². The number of rotatable bonds is 11. The lowest BCUT2D eigenvalue weighted by atomic mass is 9.44. The van der Waals surface area contributed by atoms with E-state index in [0.29, 0.717) is 42.1 Å². The number of cyclic esters (lactones) is 1. The number of carbonyl (C=O) groups is 2. The van der Waals surface area contributed by atoms with E-state index in [4.69, 9.17) is 9.47 Å². The van der Waals surface area contributed by atoms with Gasteiger partial charge in [-0.3, -0.25) is 0 Å². The molecule has 10 heteroatoms. The normalized spacial score (nSPS) is 31.1. The average molecular weight is 1040 g/mol. The molecular formula is C67H80N4O6. The summed E-state index contributed by atoms with van der Waals surface area (Å²) in [5, 5.41) is 36.7. The lowest BCUT2D eigenvalue weighted by Crippen LogP contribution is -2.52. The molecule has 10 aliphatic rings. The molecule has 5 aliphatic carbocycles. The average Bonchev–Trinajstić information content (AvgIpc) is 3.99. The number of aliphatic hydroxyl groups excluding tert-OH is 1. The zero-order valence-corrected chi connectivity index (χ0v) is 45.6. The molecule has 11 atom stereocenters. The quantitative estimate of drug-likeness (QED) is 0.0805. The molecule has 5 aliphatic heterocycles. The second kappa shape index (κ2) is 21.9.